The fourth-order valence-electron chi connectivity index (χ4n) is 3.46. The second kappa shape index (κ2) is 9.48. The molecule has 3 rings (SSSR count). The summed E-state index contributed by atoms with van der Waals surface area (Å²) in [6.45, 7) is 5.79. The van der Waals surface area contributed by atoms with E-state index in [0.717, 1.165) is 5.56 Å². The van der Waals surface area contributed by atoms with Crippen LogP contribution in [-0.2, 0) is 20.9 Å². The predicted molar refractivity (Wildman–Crippen MR) is 108 cm³/mol. The highest BCUT2D eigenvalue weighted by Crippen LogP contribution is 2.37. The van der Waals surface area contributed by atoms with Gasteiger partial charge in [0.2, 0.25) is 0 Å². The molecule has 156 valence electrons. The lowest BCUT2D eigenvalue weighted by molar-refractivity contribution is -0.253. The van der Waals surface area contributed by atoms with Crippen molar-refractivity contribution in [2.75, 3.05) is 6.61 Å². The van der Waals surface area contributed by atoms with Crippen molar-refractivity contribution in [3.8, 4) is 0 Å². The van der Waals surface area contributed by atoms with Crippen LogP contribution in [0.3, 0.4) is 0 Å². The van der Waals surface area contributed by atoms with Gasteiger partial charge in [-0.2, -0.15) is 5.06 Å². The van der Waals surface area contributed by atoms with Gasteiger partial charge in [0, 0.05) is 19.6 Å². The minimum Gasteiger partial charge on any atom is -0.456 e. The van der Waals surface area contributed by atoms with Gasteiger partial charge in [-0.05, 0) is 38.5 Å². The Morgan fingerprint density at radius 1 is 1.21 bits per heavy atom. The van der Waals surface area contributed by atoms with Crippen LogP contribution >= 0.6 is 0 Å². The van der Waals surface area contributed by atoms with E-state index in [1.54, 1.807) is 36.3 Å². The van der Waals surface area contributed by atoms with Crippen LogP contribution in [0.1, 0.15) is 43.1 Å². The molecule has 0 N–H and O–H groups in total. The second-order valence-electron chi connectivity index (χ2n) is 7.37. The number of nitrogens with zero attached hydrogens (tertiary/aromatic N) is 1. The van der Waals surface area contributed by atoms with Gasteiger partial charge in [-0.1, -0.05) is 48.5 Å². The molecule has 2 aromatic rings. The average molecular weight is 401 g/mol. The summed E-state index contributed by atoms with van der Waals surface area (Å²) in [6, 6.07) is 17.7. The molecule has 1 aliphatic heterocycles. The molecule has 4 atom stereocenters. The Labute approximate surface area is 171 Å². The largest absolute Gasteiger partial charge is 0.456 e. The number of alkyl halides is 1. The standard InChI is InChI=1S/C23H28FNO4/c1-4-27-21-15-20(25(29-21)16-18-11-7-5-8-12-18)23(3,24)17(2)28-22(26)19-13-9-6-10-14-19/h5-14,17,20-21H,4,15-16H2,1-3H3/t17-,20-,21?,23+/m1/s1. The first-order valence-electron chi connectivity index (χ1n) is 9.95. The maximum absolute atomic E-state index is 16.0. The first-order chi connectivity index (χ1) is 13.9. The molecule has 1 aliphatic rings. The zero-order valence-electron chi connectivity index (χ0n) is 17.1. The summed E-state index contributed by atoms with van der Waals surface area (Å²) in [5, 5.41) is 1.61. The zero-order chi connectivity index (χ0) is 20.9. The Morgan fingerprint density at radius 3 is 2.45 bits per heavy atom. The number of carbonyl (C=O) groups is 1. The number of hydrogen-bond donors (Lipinski definition) is 0. The maximum Gasteiger partial charge on any atom is 0.338 e. The molecule has 0 radical (unpaired) electrons. The monoisotopic (exact) mass is 401 g/mol. The van der Waals surface area contributed by atoms with Gasteiger partial charge in [-0.3, -0.25) is 4.84 Å². The number of halogens is 1. The Kier molecular flexibility index (Phi) is 7.00. The molecule has 0 bridgehead atoms. The molecule has 1 fully saturated rings. The van der Waals surface area contributed by atoms with Gasteiger partial charge >= 0.3 is 5.97 Å². The highest BCUT2D eigenvalue weighted by molar-refractivity contribution is 5.89. The quantitative estimate of drug-likeness (QED) is 0.609. The van der Waals surface area contributed by atoms with Crippen molar-refractivity contribution < 1.29 is 23.5 Å². The highest BCUT2D eigenvalue weighted by atomic mass is 19.1. The van der Waals surface area contributed by atoms with E-state index < -0.39 is 30.1 Å². The molecule has 0 aliphatic carbocycles. The van der Waals surface area contributed by atoms with Gasteiger partial charge in [0.05, 0.1) is 11.6 Å². The van der Waals surface area contributed by atoms with Crippen molar-refractivity contribution in [3.63, 3.8) is 0 Å². The molecule has 1 saturated heterocycles. The fourth-order valence-corrected chi connectivity index (χ4v) is 3.46. The third kappa shape index (κ3) is 5.21. The van der Waals surface area contributed by atoms with Crippen molar-refractivity contribution in [2.45, 2.75) is 57.8 Å². The van der Waals surface area contributed by atoms with Crippen LogP contribution in [0.5, 0.6) is 0 Å². The number of ether oxygens (including phenoxy) is 2. The summed E-state index contributed by atoms with van der Waals surface area (Å²) in [5.74, 6) is -0.545. The smallest absolute Gasteiger partial charge is 0.338 e. The van der Waals surface area contributed by atoms with E-state index in [1.807, 2.05) is 43.3 Å². The highest BCUT2D eigenvalue weighted by Gasteiger charge is 2.50. The van der Waals surface area contributed by atoms with E-state index in [2.05, 4.69) is 0 Å². The number of rotatable bonds is 8. The minimum absolute atomic E-state index is 0.348. The van der Waals surface area contributed by atoms with Crippen molar-refractivity contribution >= 4 is 5.97 Å². The average Bonchev–Trinajstić information content (AvgIpc) is 3.12. The minimum atomic E-state index is -1.84. The lowest BCUT2D eigenvalue weighted by Crippen LogP contribution is -2.51. The van der Waals surface area contributed by atoms with E-state index in [9.17, 15) is 4.79 Å². The molecule has 1 unspecified atom stereocenters. The van der Waals surface area contributed by atoms with Gasteiger partial charge in [0.1, 0.15) is 6.10 Å². The Hall–Kier alpha value is -2.28. The Balaban J connectivity index is 1.74. The number of benzene rings is 2. The lowest BCUT2D eigenvalue weighted by atomic mass is 9.90. The van der Waals surface area contributed by atoms with Crippen LogP contribution in [0.25, 0.3) is 0 Å². The van der Waals surface area contributed by atoms with Crippen LogP contribution in [0, 0.1) is 0 Å². The van der Waals surface area contributed by atoms with Crippen LogP contribution < -0.4 is 0 Å². The van der Waals surface area contributed by atoms with Crippen molar-refractivity contribution in [3.05, 3.63) is 71.8 Å². The lowest BCUT2D eigenvalue weighted by Gasteiger charge is -2.36. The van der Waals surface area contributed by atoms with Gasteiger partial charge in [-0.15, -0.1) is 0 Å². The molecular formula is C23H28FNO4. The van der Waals surface area contributed by atoms with Gasteiger partial charge in [0.15, 0.2) is 12.0 Å². The van der Waals surface area contributed by atoms with Crippen LogP contribution in [-0.4, -0.2) is 41.7 Å². The number of esters is 1. The molecule has 2 aromatic carbocycles. The van der Waals surface area contributed by atoms with Crippen LogP contribution in [0.4, 0.5) is 4.39 Å². The molecule has 0 spiro atoms. The summed E-state index contributed by atoms with van der Waals surface area (Å²) in [7, 11) is 0. The van der Waals surface area contributed by atoms with Gasteiger partial charge < -0.3 is 9.47 Å². The van der Waals surface area contributed by atoms with Crippen LogP contribution in [0.15, 0.2) is 60.7 Å². The normalized spacial score (nSPS) is 22.8. The Bertz CT molecular complexity index is 784. The molecular weight excluding hydrogens is 373 g/mol. The number of hydrogen-bond acceptors (Lipinski definition) is 5. The molecule has 0 saturated carbocycles. The fraction of sp³-hybridized carbons (Fsp3) is 0.435. The van der Waals surface area contributed by atoms with E-state index in [0.29, 0.717) is 25.1 Å². The molecule has 5 nitrogen and oxygen atoms in total. The van der Waals surface area contributed by atoms with Crippen molar-refractivity contribution in [1.82, 2.24) is 5.06 Å². The summed E-state index contributed by atoms with van der Waals surface area (Å²) in [5.41, 5.74) is -0.448. The van der Waals surface area contributed by atoms with Crippen molar-refractivity contribution in [2.24, 2.45) is 0 Å². The van der Waals surface area contributed by atoms with E-state index in [4.69, 9.17) is 14.3 Å². The SMILES string of the molecule is CCOC1C[C@H]([C@@](C)(F)[C@@H](C)OC(=O)c2ccccc2)N(Cc2ccccc2)O1. The second-order valence-corrected chi connectivity index (χ2v) is 7.37. The topological polar surface area (TPSA) is 48.0 Å². The molecule has 6 heteroatoms. The number of carbonyl (C=O) groups excluding carboxylic acids is 1. The summed E-state index contributed by atoms with van der Waals surface area (Å²) < 4.78 is 27.0. The first-order valence-corrected chi connectivity index (χ1v) is 9.95. The summed E-state index contributed by atoms with van der Waals surface area (Å²) in [6.07, 6.45) is -1.15. The summed E-state index contributed by atoms with van der Waals surface area (Å²) in [4.78, 5) is 18.3. The summed E-state index contributed by atoms with van der Waals surface area (Å²) >= 11 is 0. The molecule has 0 amide bonds. The van der Waals surface area contributed by atoms with E-state index >= 15 is 4.39 Å². The van der Waals surface area contributed by atoms with E-state index in [1.165, 1.54) is 6.92 Å². The third-order valence-corrected chi connectivity index (χ3v) is 5.29. The van der Waals surface area contributed by atoms with Gasteiger partial charge in [0.25, 0.3) is 0 Å². The van der Waals surface area contributed by atoms with Crippen LogP contribution in [0.2, 0.25) is 0 Å². The van der Waals surface area contributed by atoms with Crippen molar-refractivity contribution in [1.29, 1.82) is 0 Å². The van der Waals surface area contributed by atoms with Gasteiger partial charge in [-0.25, -0.2) is 9.18 Å². The van der Waals surface area contributed by atoms with E-state index in [-0.39, 0.29) is 0 Å². The zero-order valence-corrected chi connectivity index (χ0v) is 17.1. The maximum atomic E-state index is 16.0. The number of hydroxylamine groups is 2. The molecule has 0 aromatic heterocycles. The Morgan fingerprint density at radius 2 is 1.83 bits per heavy atom. The predicted octanol–water partition coefficient (Wildman–Crippen LogP) is 4.53. The molecule has 29 heavy (non-hydrogen) atoms. The first kappa shape index (κ1) is 21.4. The molecule has 1 heterocycles. The third-order valence-electron chi connectivity index (χ3n) is 5.29.